The minimum atomic E-state index is -4.74. The van der Waals surface area contributed by atoms with Crippen LogP contribution in [0.25, 0.3) is 0 Å². The van der Waals surface area contributed by atoms with Crippen LogP contribution in [0.3, 0.4) is 0 Å². The predicted octanol–water partition coefficient (Wildman–Crippen LogP) is 13.3. The molecule has 0 aliphatic heterocycles. The third-order valence-corrected chi connectivity index (χ3v) is 10.9. The lowest BCUT2D eigenvalue weighted by Gasteiger charge is -2.20. The number of nitrogens with one attached hydrogen (secondary N) is 4. The summed E-state index contributed by atoms with van der Waals surface area (Å²) >= 11 is 24.2. The molecule has 70 heavy (non-hydrogen) atoms. The maximum Gasteiger partial charge on any atom is 0.416 e. The number of rotatable bonds is 16. The van der Waals surface area contributed by atoms with E-state index in [-0.39, 0.29) is 78.2 Å². The lowest BCUT2D eigenvalue weighted by Crippen LogP contribution is -2.33. The van der Waals surface area contributed by atoms with E-state index in [1.807, 2.05) is 0 Å². The number of carbonyl (C=O) groups is 6. The molecule has 0 aliphatic rings. The molecule has 0 saturated carbocycles. The first-order chi connectivity index (χ1) is 32.8. The number of benzene rings is 5. The number of carbonyl (C=O) groups excluding carboxylic acids is 6. The number of azo groups is 2. The predicted molar refractivity (Wildman–Crippen MR) is 252 cm³/mol. The van der Waals surface area contributed by atoms with Gasteiger partial charge in [-0.2, -0.15) is 46.8 Å². The molecule has 5 aromatic rings. The number of anilines is 4. The van der Waals surface area contributed by atoms with E-state index in [1.165, 1.54) is 36.4 Å². The van der Waals surface area contributed by atoms with Crippen molar-refractivity contribution in [3.63, 3.8) is 0 Å². The molecule has 5 rings (SSSR count). The van der Waals surface area contributed by atoms with Crippen LogP contribution in [0.4, 0.5) is 60.5 Å². The molecule has 366 valence electrons. The van der Waals surface area contributed by atoms with Gasteiger partial charge in [-0.3, -0.25) is 28.8 Å². The fraction of sp³-hybridized carbons (Fsp3) is 0.217. The molecule has 2 unspecified atom stereocenters. The molecule has 24 heteroatoms. The zero-order valence-corrected chi connectivity index (χ0v) is 39.7. The Labute approximate surface area is 414 Å². The summed E-state index contributed by atoms with van der Waals surface area (Å²) in [4.78, 5) is 78.7. The van der Waals surface area contributed by atoms with Crippen LogP contribution in [0.1, 0.15) is 70.7 Å². The molecule has 0 spiro atoms. The first-order valence-electron chi connectivity index (χ1n) is 20.4. The average molecular weight is 1050 g/mol. The summed E-state index contributed by atoms with van der Waals surface area (Å²) in [5.41, 5.74) is -1.76. The van der Waals surface area contributed by atoms with Crippen molar-refractivity contribution in [3.05, 3.63) is 138 Å². The molecular weight excluding hydrogens is 1020 g/mol. The summed E-state index contributed by atoms with van der Waals surface area (Å²) in [5, 5.41) is 24.9. The SMILES string of the molecule is CCc1c(NC(=O)C(N=Nc2cc(C(=O)Nc3cc(Cl)cc(C(F)(F)F)c3)ccc2Cl)C(C)=O)ccc(NC(=O)C(N=Nc2cc(C(=O)Nc3cc(Cl)cc(C(F)(F)F)c3)ccc2Cl)C(C)=O)c1CC. The molecule has 0 fully saturated rings. The number of Topliss-reactive ketones (excluding diaryl/α,β-unsaturated/α-hetero) is 2. The van der Waals surface area contributed by atoms with Crippen LogP contribution < -0.4 is 21.3 Å². The standard InChI is InChI=1S/C46H36Cl4F6N8O6/c1-5-31-32(6-2)36(60-44(70)40(22(4)66)64-62-38-14-24(8-10-34(38)50)42(68)58-30-18-26(46(54,55)56)16-28(48)20-30)12-11-35(31)59-43(69)39(21(3)65)63-61-37-13-23(7-9-33(37)49)41(67)57-29-17-25(45(51,52)53)15-27(47)19-29/h7-20,39-40H,5-6H2,1-4H3,(H,57,67)(H,58,68)(H,59,69)(H,60,70). The Morgan fingerprint density at radius 2 is 0.871 bits per heavy atom. The highest BCUT2D eigenvalue weighted by Crippen LogP contribution is 2.36. The zero-order valence-electron chi connectivity index (χ0n) is 36.7. The smallest absolute Gasteiger partial charge is 0.323 e. The normalized spacial score (nSPS) is 12.7. The van der Waals surface area contributed by atoms with E-state index in [1.54, 1.807) is 13.8 Å². The Balaban J connectivity index is 1.31. The van der Waals surface area contributed by atoms with Crippen molar-refractivity contribution < 1.29 is 55.1 Å². The van der Waals surface area contributed by atoms with Crippen molar-refractivity contribution in [2.45, 2.75) is 65.0 Å². The first kappa shape index (κ1) is 54.2. The van der Waals surface area contributed by atoms with Gasteiger partial charge < -0.3 is 21.3 Å². The number of hydrogen-bond donors (Lipinski definition) is 4. The fourth-order valence-corrected chi connectivity index (χ4v) is 7.31. The third-order valence-electron chi connectivity index (χ3n) is 9.87. The lowest BCUT2D eigenvalue weighted by molar-refractivity contribution is -0.138. The largest absolute Gasteiger partial charge is 0.416 e. The Kier molecular flexibility index (Phi) is 17.6. The average Bonchev–Trinajstić information content (AvgIpc) is 3.26. The molecule has 0 aromatic heterocycles. The Morgan fingerprint density at radius 1 is 0.514 bits per heavy atom. The van der Waals surface area contributed by atoms with Gasteiger partial charge in [0.2, 0.25) is 12.1 Å². The molecule has 0 radical (unpaired) electrons. The number of halogens is 10. The third kappa shape index (κ3) is 14.0. The van der Waals surface area contributed by atoms with E-state index < -0.39 is 70.8 Å². The summed E-state index contributed by atoms with van der Waals surface area (Å²) in [6.45, 7) is 5.67. The zero-order chi connectivity index (χ0) is 51.8. The van der Waals surface area contributed by atoms with E-state index in [0.717, 1.165) is 38.1 Å². The molecule has 0 aliphatic carbocycles. The second-order valence-electron chi connectivity index (χ2n) is 15.0. The Morgan fingerprint density at radius 3 is 1.19 bits per heavy atom. The topological polar surface area (TPSA) is 200 Å². The minimum Gasteiger partial charge on any atom is -0.323 e. The van der Waals surface area contributed by atoms with Crippen molar-refractivity contribution >= 4 is 116 Å². The quantitative estimate of drug-likeness (QED) is 0.0430. The van der Waals surface area contributed by atoms with Crippen LogP contribution >= 0.6 is 46.4 Å². The highest BCUT2D eigenvalue weighted by Gasteiger charge is 2.33. The summed E-state index contributed by atoms with van der Waals surface area (Å²) in [5.74, 6) is -5.07. The van der Waals surface area contributed by atoms with Crippen LogP contribution in [0.5, 0.6) is 0 Å². The van der Waals surface area contributed by atoms with Gasteiger partial charge in [0.05, 0.1) is 21.2 Å². The molecule has 14 nitrogen and oxygen atoms in total. The van der Waals surface area contributed by atoms with Crippen molar-refractivity contribution in [1.82, 2.24) is 0 Å². The summed E-state index contributed by atoms with van der Waals surface area (Å²) in [7, 11) is 0. The number of hydrogen-bond acceptors (Lipinski definition) is 10. The number of alkyl halides is 6. The second kappa shape index (κ2) is 22.8. The molecular formula is C46H36Cl4F6N8O6. The van der Waals surface area contributed by atoms with Crippen molar-refractivity contribution in [2.24, 2.45) is 20.5 Å². The number of nitrogens with zero attached hydrogens (tertiary/aromatic N) is 4. The van der Waals surface area contributed by atoms with Gasteiger partial charge in [-0.15, -0.1) is 0 Å². The maximum absolute atomic E-state index is 13.6. The van der Waals surface area contributed by atoms with Gasteiger partial charge in [0.1, 0.15) is 11.4 Å². The van der Waals surface area contributed by atoms with Crippen molar-refractivity contribution in [3.8, 4) is 0 Å². The minimum absolute atomic E-state index is 0.0546. The first-order valence-corrected chi connectivity index (χ1v) is 21.9. The molecule has 0 heterocycles. The molecule has 4 N–H and O–H groups in total. The molecule has 5 aromatic carbocycles. The van der Waals surface area contributed by atoms with E-state index in [9.17, 15) is 55.1 Å². The lowest BCUT2D eigenvalue weighted by atomic mass is 9.98. The van der Waals surface area contributed by atoms with Crippen molar-refractivity contribution in [2.75, 3.05) is 21.3 Å². The van der Waals surface area contributed by atoms with Gasteiger partial charge in [0.25, 0.3) is 23.6 Å². The Hall–Kier alpha value is -6.74. The molecule has 0 saturated heterocycles. The second-order valence-corrected chi connectivity index (χ2v) is 16.6. The number of amides is 4. The van der Waals surface area contributed by atoms with E-state index >= 15 is 0 Å². The van der Waals surface area contributed by atoms with Gasteiger partial charge in [-0.25, -0.2) is 0 Å². The van der Waals surface area contributed by atoms with Crippen LogP contribution in [-0.2, 0) is 44.4 Å². The van der Waals surface area contributed by atoms with Gasteiger partial charge in [0.15, 0.2) is 11.6 Å². The highest BCUT2D eigenvalue weighted by molar-refractivity contribution is 6.34. The molecule has 2 atom stereocenters. The van der Waals surface area contributed by atoms with Crippen LogP contribution in [0, 0.1) is 0 Å². The van der Waals surface area contributed by atoms with Gasteiger partial charge in [-0.05, 0) is 123 Å². The van der Waals surface area contributed by atoms with E-state index in [2.05, 4.69) is 41.7 Å². The molecule has 4 amide bonds. The maximum atomic E-state index is 13.6. The summed E-state index contributed by atoms with van der Waals surface area (Å²) in [6.07, 6.45) is -8.91. The number of ketones is 2. The van der Waals surface area contributed by atoms with Crippen LogP contribution in [0.15, 0.2) is 105 Å². The Bertz CT molecular complexity index is 2770. The highest BCUT2D eigenvalue weighted by atomic mass is 35.5. The molecule has 0 bridgehead atoms. The van der Waals surface area contributed by atoms with Crippen molar-refractivity contribution in [1.29, 1.82) is 0 Å². The van der Waals surface area contributed by atoms with Crippen LogP contribution in [0.2, 0.25) is 20.1 Å². The summed E-state index contributed by atoms with van der Waals surface area (Å²) < 4.78 is 79.9. The van der Waals surface area contributed by atoms with Gasteiger partial charge in [0, 0.05) is 43.9 Å². The van der Waals surface area contributed by atoms with Gasteiger partial charge >= 0.3 is 12.4 Å². The summed E-state index contributed by atoms with van der Waals surface area (Å²) in [6, 6.07) is 11.7. The van der Waals surface area contributed by atoms with E-state index in [4.69, 9.17) is 46.4 Å². The van der Waals surface area contributed by atoms with Crippen LogP contribution in [-0.4, -0.2) is 47.3 Å². The van der Waals surface area contributed by atoms with Gasteiger partial charge in [-0.1, -0.05) is 60.3 Å². The fourth-order valence-electron chi connectivity index (χ4n) is 6.53. The monoisotopic (exact) mass is 1050 g/mol. The van der Waals surface area contributed by atoms with E-state index in [0.29, 0.717) is 35.4 Å².